The first-order valence-corrected chi connectivity index (χ1v) is 11.7. The first-order valence-electron chi connectivity index (χ1n) is 11.7. The number of piperazine rings is 1. The third kappa shape index (κ3) is 4.92. The van der Waals surface area contributed by atoms with Gasteiger partial charge in [0.25, 0.3) is 0 Å². The molecule has 7 nitrogen and oxygen atoms in total. The van der Waals surface area contributed by atoms with E-state index in [-0.39, 0.29) is 6.04 Å². The lowest BCUT2D eigenvalue weighted by molar-refractivity contribution is 0.124. The maximum absolute atomic E-state index is 14.4. The van der Waals surface area contributed by atoms with Crippen molar-refractivity contribution in [2.24, 2.45) is 4.99 Å². The summed E-state index contributed by atoms with van der Waals surface area (Å²) in [6.07, 6.45) is 4.10. The van der Waals surface area contributed by atoms with Crippen LogP contribution in [0.4, 0.5) is 8.78 Å². The lowest BCUT2D eigenvalue weighted by atomic mass is 10.0. The van der Waals surface area contributed by atoms with E-state index in [4.69, 9.17) is 4.99 Å². The normalized spacial score (nSPS) is 18.5. The molecular formula is C23H33F2N7. The lowest BCUT2D eigenvalue weighted by Crippen LogP contribution is -2.53. The van der Waals surface area contributed by atoms with Gasteiger partial charge in [0.1, 0.15) is 24.0 Å². The predicted octanol–water partition coefficient (Wildman–Crippen LogP) is 3.13. The van der Waals surface area contributed by atoms with E-state index < -0.39 is 11.6 Å². The summed E-state index contributed by atoms with van der Waals surface area (Å²) in [6, 6.07) is 3.85. The van der Waals surface area contributed by atoms with Crippen LogP contribution in [0.25, 0.3) is 0 Å². The standard InChI is InChI=1S/C23H33F2N7/c1-3-20(18-9-8-17(24)15-19(18)25)30-11-13-31(14-12-30)23(26-4-2)27-16-22-29-28-21-7-5-6-10-32(21)22/h8-9,15,20H,3-7,10-14,16H2,1-2H3,(H,26,27). The van der Waals surface area contributed by atoms with Crippen molar-refractivity contribution in [3.05, 3.63) is 47.0 Å². The molecule has 1 aromatic carbocycles. The summed E-state index contributed by atoms with van der Waals surface area (Å²) in [7, 11) is 0. The highest BCUT2D eigenvalue weighted by Gasteiger charge is 2.27. The molecule has 9 heteroatoms. The molecule has 0 aliphatic carbocycles. The fourth-order valence-electron chi connectivity index (χ4n) is 4.75. The van der Waals surface area contributed by atoms with Crippen molar-refractivity contribution in [2.45, 2.75) is 58.7 Å². The molecule has 0 bridgehead atoms. The number of fused-ring (bicyclic) bond motifs is 1. The van der Waals surface area contributed by atoms with Crippen LogP contribution in [0.15, 0.2) is 23.2 Å². The molecule has 2 aliphatic heterocycles. The van der Waals surface area contributed by atoms with Gasteiger partial charge in [0.05, 0.1) is 0 Å². The van der Waals surface area contributed by atoms with Gasteiger partial charge in [0.2, 0.25) is 0 Å². The largest absolute Gasteiger partial charge is 0.357 e. The van der Waals surface area contributed by atoms with Gasteiger partial charge in [-0.15, -0.1) is 10.2 Å². The van der Waals surface area contributed by atoms with Crippen LogP contribution in [0.2, 0.25) is 0 Å². The fourth-order valence-corrected chi connectivity index (χ4v) is 4.75. The van der Waals surface area contributed by atoms with Gasteiger partial charge < -0.3 is 14.8 Å². The molecule has 32 heavy (non-hydrogen) atoms. The van der Waals surface area contributed by atoms with Gasteiger partial charge in [-0.3, -0.25) is 4.90 Å². The van der Waals surface area contributed by atoms with E-state index in [1.807, 2.05) is 6.92 Å². The zero-order chi connectivity index (χ0) is 22.5. The Balaban J connectivity index is 1.41. The Morgan fingerprint density at radius 2 is 1.91 bits per heavy atom. The molecular weight excluding hydrogens is 412 g/mol. The molecule has 0 saturated carbocycles. The third-order valence-electron chi connectivity index (χ3n) is 6.40. The van der Waals surface area contributed by atoms with Gasteiger partial charge in [-0.25, -0.2) is 13.8 Å². The number of nitrogens with zero attached hydrogens (tertiary/aromatic N) is 6. The Labute approximate surface area is 188 Å². The number of rotatable bonds is 6. The SMILES string of the molecule is CCNC(=NCc1nnc2n1CCCC2)N1CCN(C(CC)c2ccc(F)cc2F)CC1. The van der Waals surface area contributed by atoms with E-state index in [1.165, 1.54) is 12.5 Å². The van der Waals surface area contributed by atoms with Crippen LogP contribution in [-0.2, 0) is 19.5 Å². The molecule has 1 fully saturated rings. The number of aromatic nitrogens is 3. The highest BCUT2D eigenvalue weighted by atomic mass is 19.1. The minimum Gasteiger partial charge on any atom is -0.357 e. The minimum absolute atomic E-state index is 0.0558. The first-order chi connectivity index (χ1) is 15.6. The van der Waals surface area contributed by atoms with Gasteiger partial charge in [-0.2, -0.15) is 0 Å². The Morgan fingerprint density at radius 1 is 1.09 bits per heavy atom. The second kappa shape index (κ2) is 10.4. The van der Waals surface area contributed by atoms with Crippen molar-refractivity contribution in [1.82, 2.24) is 29.9 Å². The highest BCUT2D eigenvalue weighted by Crippen LogP contribution is 2.28. The molecule has 174 valence electrons. The van der Waals surface area contributed by atoms with Crippen molar-refractivity contribution in [2.75, 3.05) is 32.7 Å². The number of nitrogens with one attached hydrogen (secondary N) is 1. The van der Waals surface area contributed by atoms with Gasteiger partial charge >= 0.3 is 0 Å². The van der Waals surface area contributed by atoms with Crippen LogP contribution in [0.1, 0.15) is 56.4 Å². The van der Waals surface area contributed by atoms with Crippen LogP contribution < -0.4 is 5.32 Å². The Bertz CT molecular complexity index is 934. The summed E-state index contributed by atoms with van der Waals surface area (Å²) >= 11 is 0. The first kappa shape index (κ1) is 22.6. The average Bonchev–Trinajstić information content (AvgIpc) is 3.22. The zero-order valence-corrected chi connectivity index (χ0v) is 19.0. The number of guanidine groups is 1. The van der Waals surface area contributed by atoms with Crippen LogP contribution in [-0.4, -0.2) is 63.2 Å². The molecule has 3 heterocycles. The van der Waals surface area contributed by atoms with Crippen LogP contribution in [0, 0.1) is 11.6 Å². The number of halogens is 2. The van der Waals surface area contributed by atoms with Crippen molar-refractivity contribution >= 4 is 5.96 Å². The fraction of sp³-hybridized carbons (Fsp3) is 0.609. The smallest absolute Gasteiger partial charge is 0.194 e. The van der Waals surface area contributed by atoms with E-state index in [0.717, 1.165) is 82.2 Å². The van der Waals surface area contributed by atoms with Crippen molar-refractivity contribution in [3.63, 3.8) is 0 Å². The van der Waals surface area contributed by atoms with E-state index >= 15 is 0 Å². The second-order valence-electron chi connectivity index (χ2n) is 8.42. The maximum atomic E-state index is 14.4. The van der Waals surface area contributed by atoms with E-state index in [1.54, 1.807) is 6.07 Å². The average molecular weight is 446 g/mol. The summed E-state index contributed by atoms with van der Waals surface area (Å²) in [5, 5.41) is 12.1. The van der Waals surface area contributed by atoms with E-state index in [9.17, 15) is 8.78 Å². The summed E-state index contributed by atoms with van der Waals surface area (Å²) < 4.78 is 29.9. The second-order valence-corrected chi connectivity index (χ2v) is 8.42. The number of benzene rings is 1. The van der Waals surface area contributed by atoms with Gasteiger partial charge in [0, 0.05) is 63.4 Å². The Kier molecular flexibility index (Phi) is 7.34. The number of aryl methyl sites for hydroxylation is 1. The zero-order valence-electron chi connectivity index (χ0n) is 19.0. The lowest BCUT2D eigenvalue weighted by Gasteiger charge is -2.40. The van der Waals surface area contributed by atoms with Gasteiger partial charge in [-0.05, 0) is 32.3 Å². The minimum atomic E-state index is -0.536. The van der Waals surface area contributed by atoms with Gasteiger partial charge in [0.15, 0.2) is 11.8 Å². The Hall–Kier alpha value is -2.55. The van der Waals surface area contributed by atoms with Crippen molar-refractivity contribution < 1.29 is 8.78 Å². The van der Waals surface area contributed by atoms with Crippen LogP contribution >= 0.6 is 0 Å². The van der Waals surface area contributed by atoms with E-state index in [2.05, 4.69) is 36.8 Å². The number of aliphatic imine (C=N–C) groups is 1. The number of hydrogen-bond donors (Lipinski definition) is 1. The predicted molar refractivity (Wildman–Crippen MR) is 120 cm³/mol. The molecule has 0 radical (unpaired) electrons. The summed E-state index contributed by atoms with van der Waals surface area (Å²) in [4.78, 5) is 9.38. The summed E-state index contributed by atoms with van der Waals surface area (Å²) in [6.45, 7) is 9.55. The van der Waals surface area contributed by atoms with Gasteiger partial charge in [-0.1, -0.05) is 13.0 Å². The molecule has 4 rings (SSSR count). The van der Waals surface area contributed by atoms with Crippen LogP contribution in [0.3, 0.4) is 0 Å². The highest BCUT2D eigenvalue weighted by molar-refractivity contribution is 5.80. The Morgan fingerprint density at radius 3 is 2.62 bits per heavy atom. The number of hydrogen-bond acceptors (Lipinski definition) is 4. The monoisotopic (exact) mass is 445 g/mol. The van der Waals surface area contributed by atoms with E-state index in [0.29, 0.717) is 12.1 Å². The molecule has 1 atom stereocenters. The molecule has 0 amide bonds. The van der Waals surface area contributed by atoms with Crippen LogP contribution in [0.5, 0.6) is 0 Å². The molecule has 1 N–H and O–H groups in total. The summed E-state index contributed by atoms with van der Waals surface area (Å²) in [5.74, 6) is 1.86. The topological polar surface area (TPSA) is 61.6 Å². The maximum Gasteiger partial charge on any atom is 0.194 e. The quantitative estimate of drug-likeness (QED) is 0.547. The third-order valence-corrected chi connectivity index (χ3v) is 6.40. The van der Waals surface area contributed by atoms with Crippen molar-refractivity contribution in [1.29, 1.82) is 0 Å². The van der Waals surface area contributed by atoms with Crippen molar-refractivity contribution in [3.8, 4) is 0 Å². The summed E-state index contributed by atoms with van der Waals surface area (Å²) in [5.41, 5.74) is 0.569. The molecule has 1 aromatic heterocycles. The molecule has 2 aromatic rings. The molecule has 1 unspecified atom stereocenters. The molecule has 0 spiro atoms. The molecule has 1 saturated heterocycles. The molecule has 2 aliphatic rings.